The van der Waals surface area contributed by atoms with E-state index in [0.29, 0.717) is 13.0 Å². The van der Waals surface area contributed by atoms with Crippen LogP contribution in [0.15, 0.2) is 30.3 Å². The molecule has 0 N–H and O–H groups in total. The van der Waals surface area contributed by atoms with Crippen LogP contribution in [0.3, 0.4) is 0 Å². The number of hydrogen-bond donors (Lipinski definition) is 0. The Bertz CT molecular complexity index is 665. The van der Waals surface area contributed by atoms with Crippen molar-refractivity contribution < 1.29 is 9.59 Å². The average molecular weight is 326 g/mol. The van der Waals surface area contributed by atoms with Crippen molar-refractivity contribution >= 4 is 17.4 Å². The van der Waals surface area contributed by atoms with Crippen molar-refractivity contribution in [2.24, 2.45) is 0 Å². The van der Waals surface area contributed by atoms with Crippen LogP contribution in [0.2, 0.25) is 0 Å². The molecule has 2 aliphatic rings. The summed E-state index contributed by atoms with van der Waals surface area (Å²) in [4.78, 5) is 28.5. The monoisotopic (exact) mass is 326 g/mol. The van der Waals surface area contributed by atoms with Crippen LogP contribution in [0.5, 0.6) is 0 Å². The van der Waals surface area contributed by atoms with Gasteiger partial charge in [0.25, 0.3) is 0 Å². The highest BCUT2D eigenvalue weighted by molar-refractivity contribution is 5.95. The SMILES string of the molecule is C/C(=C/C(=O)N1CCC[C@H](N2CCCC2=O)C1)c1ccccc1C. The van der Waals surface area contributed by atoms with Gasteiger partial charge in [0.15, 0.2) is 0 Å². The lowest BCUT2D eigenvalue weighted by molar-refractivity contribution is -0.134. The van der Waals surface area contributed by atoms with Crippen LogP contribution in [-0.4, -0.2) is 47.3 Å². The summed E-state index contributed by atoms with van der Waals surface area (Å²) in [7, 11) is 0. The summed E-state index contributed by atoms with van der Waals surface area (Å²) in [5.74, 6) is 0.313. The van der Waals surface area contributed by atoms with Gasteiger partial charge in [0.2, 0.25) is 11.8 Å². The maximum Gasteiger partial charge on any atom is 0.246 e. The molecule has 24 heavy (non-hydrogen) atoms. The molecule has 0 saturated carbocycles. The third-order valence-corrected chi connectivity index (χ3v) is 5.17. The quantitative estimate of drug-likeness (QED) is 0.801. The molecule has 2 saturated heterocycles. The van der Waals surface area contributed by atoms with Crippen molar-refractivity contribution in [1.82, 2.24) is 9.80 Å². The summed E-state index contributed by atoms with van der Waals surface area (Å²) in [6.45, 7) is 6.36. The molecular weight excluding hydrogens is 300 g/mol. The maximum absolute atomic E-state index is 12.7. The van der Waals surface area contributed by atoms with Crippen molar-refractivity contribution in [1.29, 1.82) is 0 Å². The minimum Gasteiger partial charge on any atom is -0.338 e. The van der Waals surface area contributed by atoms with Crippen molar-refractivity contribution in [3.05, 3.63) is 41.5 Å². The second-order valence-electron chi connectivity index (χ2n) is 6.91. The second-order valence-corrected chi connectivity index (χ2v) is 6.91. The maximum atomic E-state index is 12.7. The molecule has 0 aromatic heterocycles. The lowest BCUT2D eigenvalue weighted by Gasteiger charge is -2.37. The summed E-state index contributed by atoms with van der Waals surface area (Å²) in [6, 6.07) is 8.32. The molecule has 2 aliphatic heterocycles. The van der Waals surface area contributed by atoms with E-state index in [-0.39, 0.29) is 17.9 Å². The van der Waals surface area contributed by atoms with Gasteiger partial charge < -0.3 is 9.80 Å². The molecule has 2 heterocycles. The van der Waals surface area contributed by atoms with Crippen molar-refractivity contribution in [3.8, 4) is 0 Å². The summed E-state index contributed by atoms with van der Waals surface area (Å²) in [5.41, 5.74) is 3.30. The van der Waals surface area contributed by atoms with Gasteiger partial charge in [0, 0.05) is 38.2 Å². The number of amides is 2. The summed E-state index contributed by atoms with van der Waals surface area (Å²) < 4.78 is 0. The molecule has 0 bridgehead atoms. The number of allylic oxidation sites excluding steroid dienone is 1. The lowest BCUT2D eigenvalue weighted by Crippen LogP contribution is -2.49. The topological polar surface area (TPSA) is 40.6 Å². The number of carbonyl (C=O) groups excluding carboxylic acids is 2. The highest BCUT2D eigenvalue weighted by atomic mass is 16.2. The first-order chi connectivity index (χ1) is 11.6. The zero-order valence-electron chi connectivity index (χ0n) is 14.6. The van der Waals surface area contributed by atoms with Gasteiger partial charge in [-0.3, -0.25) is 9.59 Å². The van der Waals surface area contributed by atoms with Crippen molar-refractivity contribution in [3.63, 3.8) is 0 Å². The van der Waals surface area contributed by atoms with Crippen molar-refractivity contribution in [2.45, 2.75) is 45.6 Å². The molecule has 2 fully saturated rings. The number of hydrogen-bond acceptors (Lipinski definition) is 2. The number of rotatable bonds is 3. The van der Waals surface area contributed by atoms with Gasteiger partial charge in [-0.25, -0.2) is 0 Å². The largest absolute Gasteiger partial charge is 0.338 e. The first kappa shape index (κ1) is 16.7. The molecule has 128 valence electrons. The highest BCUT2D eigenvalue weighted by Gasteiger charge is 2.32. The van der Waals surface area contributed by atoms with Gasteiger partial charge in [-0.2, -0.15) is 0 Å². The molecule has 1 atom stereocenters. The number of nitrogens with zero attached hydrogens (tertiary/aromatic N) is 2. The molecule has 0 unspecified atom stereocenters. The average Bonchev–Trinajstić information content (AvgIpc) is 3.01. The Morgan fingerprint density at radius 3 is 2.71 bits per heavy atom. The molecule has 3 rings (SSSR count). The zero-order valence-corrected chi connectivity index (χ0v) is 14.6. The van der Waals surface area contributed by atoms with E-state index in [1.54, 1.807) is 6.08 Å². The predicted octanol–water partition coefficient (Wildman–Crippen LogP) is 3.01. The fraction of sp³-hybridized carbons (Fsp3) is 0.500. The molecule has 1 aromatic carbocycles. The molecule has 4 nitrogen and oxygen atoms in total. The number of likely N-dealkylation sites (tertiary alicyclic amines) is 2. The van der Waals surface area contributed by atoms with Gasteiger partial charge in [0.1, 0.15) is 0 Å². The minimum absolute atomic E-state index is 0.0621. The Balaban J connectivity index is 1.69. The van der Waals surface area contributed by atoms with Gasteiger partial charge in [-0.1, -0.05) is 24.3 Å². The molecule has 1 aromatic rings. The minimum atomic E-state index is 0.0621. The van der Waals surface area contributed by atoms with E-state index in [0.717, 1.165) is 43.5 Å². The Morgan fingerprint density at radius 2 is 2.00 bits per heavy atom. The van der Waals surface area contributed by atoms with Crippen LogP contribution in [0.1, 0.15) is 43.7 Å². The van der Waals surface area contributed by atoms with Crippen LogP contribution < -0.4 is 0 Å². The normalized spacial score (nSPS) is 22.2. The fourth-order valence-electron chi connectivity index (χ4n) is 3.83. The van der Waals surface area contributed by atoms with E-state index in [1.165, 1.54) is 5.56 Å². The van der Waals surface area contributed by atoms with Crippen LogP contribution in [0.4, 0.5) is 0 Å². The molecule has 4 heteroatoms. The Morgan fingerprint density at radius 1 is 1.21 bits per heavy atom. The van der Waals surface area contributed by atoms with Crippen LogP contribution in [0.25, 0.3) is 5.57 Å². The summed E-state index contributed by atoms with van der Waals surface area (Å²) in [6.07, 6.45) is 5.34. The molecular formula is C20H26N2O2. The molecule has 0 aliphatic carbocycles. The third-order valence-electron chi connectivity index (χ3n) is 5.17. The van der Waals surface area contributed by atoms with Crippen LogP contribution in [-0.2, 0) is 9.59 Å². The summed E-state index contributed by atoms with van der Waals surface area (Å²) in [5, 5.41) is 0. The number of piperidine rings is 1. The van der Waals surface area contributed by atoms with E-state index >= 15 is 0 Å². The number of aryl methyl sites for hydroxylation is 1. The Hall–Kier alpha value is -2.10. The Kier molecular flexibility index (Phi) is 5.03. The van der Waals surface area contributed by atoms with Gasteiger partial charge in [-0.05, 0) is 49.8 Å². The van der Waals surface area contributed by atoms with E-state index in [4.69, 9.17) is 0 Å². The summed E-state index contributed by atoms with van der Waals surface area (Å²) >= 11 is 0. The molecule has 2 amide bonds. The molecule has 0 spiro atoms. The van der Waals surface area contributed by atoms with Crippen LogP contribution >= 0.6 is 0 Å². The van der Waals surface area contributed by atoms with Gasteiger partial charge in [-0.15, -0.1) is 0 Å². The smallest absolute Gasteiger partial charge is 0.246 e. The first-order valence-corrected chi connectivity index (χ1v) is 8.89. The lowest BCUT2D eigenvalue weighted by atomic mass is 10.0. The third kappa shape index (κ3) is 3.53. The predicted molar refractivity (Wildman–Crippen MR) is 95.4 cm³/mol. The fourth-order valence-corrected chi connectivity index (χ4v) is 3.83. The Labute approximate surface area is 144 Å². The highest BCUT2D eigenvalue weighted by Crippen LogP contribution is 2.23. The van der Waals surface area contributed by atoms with E-state index in [1.807, 2.05) is 28.9 Å². The number of carbonyl (C=O) groups is 2. The number of benzene rings is 1. The zero-order chi connectivity index (χ0) is 17.1. The van der Waals surface area contributed by atoms with E-state index in [2.05, 4.69) is 19.1 Å². The van der Waals surface area contributed by atoms with Gasteiger partial charge in [0.05, 0.1) is 0 Å². The standard InChI is InChI=1S/C20H26N2O2/c1-15-7-3-4-9-18(15)16(2)13-20(24)21-11-5-8-17(14-21)22-12-6-10-19(22)23/h3-4,7,9,13,17H,5-6,8,10-12,14H2,1-2H3/b16-13-/t17-/m0/s1. The molecule has 0 radical (unpaired) electrons. The van der Waals surface area contributed by atoms with E-state index < -0.39 is 0 Å². The van der Waals surface area contributed by atoms with Crippen LogP contribution in [0, 0.1) is 6.92 Å². The second kappa shape index (κ2) is 7.20. The van der Waals surface area contributed by atoms with E-state index in [9.17, 15) is 9.59 Å². The van der Waals surface area contributed by atoms with Gasteiger partial charge >= 0.3 is 0 Å². The first-order valence-electron chi connectivity index (χ1n) is 8.89. The van der Waals surface area contributed by atoms with Crippen molar-refractivity contribution in [2.75, 3.05) is 19.6 Å².